The topological polar surface area (TPSA) is 29.9 Å². The zero-order chi connectivity index (χ0) is 13.4. The number of hydrogen-bond acceptors (Lipinski definition) is 3. The summed E-state index contributed by atoms with van der Waals surface area (Å²) in [6, 6.07) is 0.407. The molecule has 0 saturated heterocycles. The summed E-state index contributed by atoms with van der Waals surface area (Å²) in [6.07, 6.45) is 9.64. The van der Waals surface area contributed by atoms with Gasteiger partial charge in [0.25, 0.3) is 0 Å². The standard InChI is InChI=1S/C14H27N3S/c1-12(14-11-17(3)16-13(14)2)15-9-7-5-6-8-10-18-4/h11-12,15H,5-10H2,1-4H3. The van der Waals surface area contributed by atoms with Gasteiger partial charge in [-0.3, -0.25) is 4.68 Å². The Labute approximate surface area is 116 Å². The molecule has 104 valence electrons. The molecule has 0 aliphatic carbocycles. The highest BCUT2D eigenvalue weighted by Gasteiger charge is 2.10. The number of aryl methyl sites for hydroxylation is 2. The number of unbranched alkanes of at least 4 members (excludes halogenated alkanes) is 3. The third kappa shape index (κ3) is 5.44. The molecule has 1 aromatic heterocycles. The SMILES string of the molecule is CSCCCCCCNC(C)c1cn(C)nc1C. The van der Waals surface area contributed by atoms with Gasteiger partial charge in [0.05, 0.1) is 5.69 Å². The lowest BCUT2D eigenvalue weighted by molar-refractivity contribution is 0.535. The molecular weight excluding hydrogens is 242 g/mol. The van der Waals surface area contributed by atoms with Gasteiger partial charge in [0.1, 0.15) is 0 Å². The molecule has 0 aliphatic rings. The summed E-state index contributed by atoms with van der Waals surface area (Å²) in [5, 5.41) is 7.97. The molecule has 0 saturated carbocycles. The van der Waals surface area contributed by atoms with Crippen LogP contribution in [0, 0.1) is 6.92 Å². The largest absolute Gasteiger partial charge is 0.310 e. The summed E-state index contributed by atoms with van der Waals surface area (Å²) >= 11 is 1.95. The molecular formula is C14H27N3S. The van der Waals surface area contributed by atoms with Crippen molar-refractivity contribution in [3.63, 3.8) is 0 Å². The minimum atomic E-state index is 0.407. The first kappa shape index (κ1) is 15.6. The van der Waals surface area contributed by atoms with Crippen LogP contribution in [0.2, 0.25) is 0 Å². The number of nitrogens with one attached hydrogen (secondary N) is 1. The fourth-order valence-electron chi connectivity index (χ4n) is 2.20. The maximum atomic E-state index is 4.38. The molecule has 1 aromatic rings. The second-order valence-electron chi connectivity index (χ2n) is 4.93. The zero-order valence-electron chi connectivity index (χ0n) is 12.2. The van der Waals surface area contributed by atoms with Crippen LogP contribution in [0.3, 0.4) is 0 Å². The Kier molecular flexibility index (Phi) is 7.44. The van der Waals surface area contributed by atoms with E-state index in [1.165, 1.54) is 37.0 Å². The Balaban J connectivity index is 2.14. The lowest BCUT2D eigenvalue weighted by Gasteiger charge is -2.12. The van der Waals surface area contributed by atoms with Crippen LogP contribution in [-0.2, 0) is 7.05 Å². The molecule has 1 heterocycles. The van der Waals surface area contributed by atoms with E-state index in [0.717, 1.165) is 12.2 Å². The summed E-state index contributed by atoms with van der Waals surface area (Å²) < 4.78 is 1.89. The van der Waals surface area contributed by atoms with Crippen LogP contribution in [0.25, 0.3) is 0 Å². The third-order valence-corrected chi connectivity index (χ3v) is 3.94. The van der Waals surface area contributed by atoms with E-state index in [-0.39, 0.29) is 0 Å². The highest BCUT2D eigenvalue weighted by Crippen LogP contribution is 2.15. The maximum Gasteiger partial charge on any atom is 0.0641 e. The van der Waals surface area contributed by atoms with Gasteiger partial charge < -0.3 is 5.32 Å². The van der Waals surface area contributed by atoms with E-state index in [2.05, 4.69) is 36.7 Å². The first-order valence-electron chi connectivity index (χ1n) is 6.87. The van der Waals surface area contributed by atoms with Gasteiger partial charge >= 0.3 is 0 Å². The predicted octanol–water partition coefficient (Wildman–Crippen LogP) is 3.30. The fraction of sp³-hybridized carbons (Fsp3) is 0.786. The van der Waals surface area contributed by atoms with Crippen LogP contribution in [0.15, 0.2) is 6.20 Å². The molecule has 0 amide bonds. The van der Waals surface area contributed by atoms with Crippen molar-refractivity contribution in [2.75, 3.05) is 18.6 Å². The van der Waals surface area contributed by atoms with Gasteiger partial charge in [-0.2, -0.15) is 16.9 Å². The van der Waals surface area contributed by atoms with Crippen LogP contribution in [0.5, 0.6) is 0 Å². The van der Waals surface area contributed by atoms with Crippen LogP contribution in [0.1, 0.15) is 49.9 Å². The zero-order valence-corrected chi connectivity index (χ0v) is 13.0. The molecule has 0 fully saturated rings. The molecule has 0 aromatic carbocycles. The second kappa shape index (κ2) is 8.59. The lowest BCUT2D eigenvalue weighted by Crippen LogP contribution is -2.20. The second-order valence-corrected chi connectivity index (χ2v) is 5.91. The van der Waals surface area contributed by atoms with Crippen molar-refractivity contribution in [3.8, 4) is 0 Å². The van der Waals surface area contributed by atoms with E-state index in [9.17, 15) is 0 Å². The van der Waals surface area contributed by atoms with E-state index >= 15 is 0 Å². The molecule has 1 atom stereocenters. The van der Waals surface area contributed by atoms with Crippen molar-refractivity contribution < 1.29 is 0 Å². The van der Waals surface area contributed by atoms with Crippen molar-refractivity contribution in [2.24, 2.45) is 7.05 Å². The predicted molar refractivity (Wildman–Crippen MR) is 81.2 cm³/mol. The lowest BCUT2D eigenvalue weighted by atomic mass is 10.1. The fourth-order valence-corrected chi connectivity index (χ4v) is 2.69. The molecule has 3 nitrogen and oxygen atoms in total. The minimum Gasteiger partial charge on any atom is -0.310 e. The van der Waals surface area contributed by atoms with Crippen molar-refractivity contribution in [2.45, 2.75) is 45.6 Å². The van der Waals surface area contributed by atoms with Crippen molar-refractivity contribution in [1.29, 1.82) is 0 Å². The van der Waals surface area contributed by atoms with E-state index < -0.39 is 0 Å². The van der Waals surface area contributed by atoms with Gasteiger partial charge in [-0.05, 0) is 45.2 Å². The third-order valence-electron chi connectivity index (χ3n) is 3.24. The van der Waals surface area contributed by atoms with Gasteiger partial charge in [0, 0.05) is 24.8 Å². The summed E-state index contributed by atoms with van der Waals surface area (Å²) in [4.78, 5) is 0. The average molecular weight is 269 g/mol. The Morgan fingerprint density at radius 1 is 1.33 bits per heavy atom. The van der Waals surface area contributed by atoms with Crippen LogP contribution >= 0.6 is 11.8 Å². The van der Waals surface area contributed by atoms with E-state index in [0.29, 0.717) is 6.04 Å². The molecule has 0 aliphatic heterocycles. The van der Waals surface area contributed by atoms with Gasteiger partial charge in [0.15, 0.2) is 0 Å². The molecule has 18 heavy (non-hydrogen) atoms. The Bertz CT molecular complexity index is 336. The molecule has 1 N–H and O–H groups in total. The van der Waals surface area contributed by atoms with Gasteiger partial charge in [-0.15, -0.1) is 0 Å². The van der Waals surface area contributed by atoms with Crippen LogP contribution in [-0.4, -0.2) is 28.3 Å². The van der Waals surface area contributed by atoms with Gasteiger partial charge in [-0.1, -0.05) is 12.8 Å². The molecule has 0 radical (unpaired) electrons. The summed E-state index contributed by atoms with van der Waals surface area (Å²) in [5.74, 6) is 1.30. The number of hydrogen-bond donors (Lipinski definition) is 1. The Morgan fingerprint density at radius 3 is 2.67 bits per heavy atom. The molecule has 1 unspecified atom stereocenters. The van der Waals surface area contributed by atoms with Crippen molar-refractivity contribution in [3.05, 3.63) is 17.5 Å². The number of aromatic nitrogens is 2. The maximum absolute atomic E-state index is 4.38. The van der Waals surface area contributed by atoms with Gasteiger partial charge in [-0.25, -0.2) is 0 Å². The number of thioether (sulfide) groups is 1. The molecule has 0 bridgehead atoms. The Hall–Kier alpha value is -0.480. The summed E-state index contributed by atoms with van der Waals surface area (Å²) in [5.41, 5.74) is 2.46. The summed E-state index contributed by atoms with van der Waals surface area (Å²) in [7, 11) is 1.98. The van der Waals surface area contributed by atoms with Gasteiger partial charge in [0.2, 0.25) is 0 Å². The van der Waals surface area contributed by atoms with Crippen LogP contribution < -0.4 is 5.32 Å². The van der Waals surface area contributed by atoms with Crippen molar-refractivity contribution in [1.82, 2.24) is 15.1 Å². The first-order valence-corrected chi connectivity index (χ1v) is 8.27. The quantitative estimate of drug-likeness (QED) is 0.698. The monoisotopic (exact) mass is 269 g/mol. The number of rotatable bonds is 9. The first-order chi connectivity index (χ1) is 8.65. The van der Waals surface area contributed by atoms with E-state index in [4.69, 9.17) is 0 Å². The van der Waals surface area contributed by atoms with Crippen molar-refractivity contribution >= 4 is 11.8 Å². The molecule has 0 spiro atoms. The molecule has 1 rings (SSSR count). The normalized spacial score (nSPS) is 12.9. The smallest absolute Gasteiger partial charge is 0.0641 e. The average Bonchev–Trinajstić information content (AvgIpc) is 2.67. The summed E-state index contributed by atoms with van der Waals surface area (Å²) in [6.45, 7) is 5.41. The Morgan fingerprint density at radius 2 is 2.06 bits per heavy atom. The highest BCUT2D eigenvalue weighted by molar-refractivity contribution is 7.98. The van der Waals surface area contributed by atoms with Crippen LogP contribution in [0.4, 0.5) is 0 Å². The van der Waals surface area contributed by atoms with E-state index in [1.54, 1.807) is 0 Å². The molecule has 4 heteroatoms. The minimum absolute atomic E-state index is 0.407. The highest BCUT2D eigenvalue weighted by atomic mass is 32.2. The number of nitrogens with zero attached hydrogens (tertiary/aromatic N) is 2. The van der Waals surface area contributed by atoms with E-state index in [1.807, 2.05) is 23.5 Å².